The molecule has 0 fully saturated rings. The van der Waals surface area contributed by atoms with Gasteiger partial charge in [0.15, 0.2) is 0 Å². The van der Waals surface area contributed by atoms with E-state index in [1.165, 1.54) is 88.8 Å². The largest absolute Gasteiger partial charge is 0.396 e. The Morgan fingerprint density at radius 2 is 1.04 bits per heavy atom. The van der Waals surface area contributed by atoms with Gasteiger partial charge in [-0.05, 0) is 17.2 Å². The van der Waals surface area contributed by atoms with Crippen LogP contribution in [0.4, 0.5) is 0 Å². The van der Waals surface area contributed by atoms with Crippen molar-refractivity contribution in [2.24, 2.45) is 0 Å². The Morgan fingerprint density at radius 3 is 1.44 bits per heavy atom. The summed E-state index contributed by atoms with van der Waals surface area (Å²) in [4.78, 5) is 0. The number of rotatable bonds is 17. The van der Waals surface area contributed by atoms with Crippen LogP contribution in [0.2, 0.25) is 24.2 Å². The number of hydrogen-bond acceptors (Lipinski definition) is 2. The van der Waals surface area contributed by atoms with E-state index in [1.807, 2.05) is 11.8 Å². The summed E-state index contributed by atoms with van der Waals surface area (Å²) in [7, 11) is -1.02. The third kappa shape index (κ3) is 15.3. The van der Waals surface area contributed by atoms with Gasteiger partial charge >= 0.3 is 0 Å². The minimum absolute atomic E-state index is 0.335. The minimum atomic E-state index is -1.02. The van der Waals surface area contributed by atoms with E-state index in [0.29, 0.717) is 11.6 Å². The van der Waals surface area contributed by atoms with E-state index < -0.39 is 8.07 Å². The van der Waals surface area contributed by atoms with Crippen LogP contribution in [0.15, 0.2) is 0 Å². The maximum atomic E-state index is 8.71. The summed E-state index contributed by atoms with van der Waals surface area (Å²) in [5, 5.41) is 9.27. The van der Waals surface area contributed by atoms with Crippen LogP contribution in [0, 0.1) is 0 Å². The lowest BCUT2D eigenvalue weighted by Crippen LogP contribution is -2.36. The zero-order valence-electron chi connectivity index (χ0n) is 18.2. The van der Waals surface area contributed by atoms with Crippen molar-refractivity contribution in [3.8, 4) is 0 Å². The van der Waals surface area contributed by atoms with Crippen LogP contribution < -0.4 is 0 Å². The summed E-state index contributed by atoms with van der Waals surface area (Å²) in [6.07, 6.45) is 17.2. The molecular weight excluding hydrogens is 340 g/mol. The first-order valence-electron chi connectivity index (χ1n) is 11.0. The summed E-state index contributed by atoms with van der Waals surface area (Å²) in [6, 6.07) is 1.51. The third-order valence-electron chi connectivity index (χ3n) is 6.11. The van der Waals surface area contributed by atoms with Gasteiger partial charge in [0.25, 0.3) is 0 Å². The van der Waals surface area contributed by atoms with E-state index in [0.717, 1.165) is 5.75 Å². The van der Waals surface area contributed by atoms with E-state index in [4.69, 9.17) is 5.11 Å². The van der Waals surface area contributed by atoms with Crippen LogP contribution in [0.3, 0.4) is 0 Å². The van der Waals surface area contributed by atoms with Gasteiger partial charge in [0.1, 0.15) is 0 Å². The number of hydrogen-bond donors (Lipinski definition) is 1. The molecule has 0 atom stereocenters. The molecule has 0 aromatic rings. The fourth-order valence-corrected chi connectivity index (χ4v) is 5.71. The number of thioether (sulfide) groups is 1. The van der Waals surface area contributed by atoms with Crippen molar-refractivity contribution in [2.75, 3.05) is 18.1 Å². The molecule has 0 heterocycles. The quantitative estimate of drug-likeness (QED) is 0.202. The van der Waals surface area contributed by atoms with Crippen molar-refractivity contribution in [1.82, 2.24) is 0 Å². The zero-order chi connectivity index (χ0) is 19.0. The van der Waals surface area contributed by atoms with Crippen LogP contribution in [0.5, 0.6) is 0 Å². The van der Waals surface area contributed by atoms with Crippen molar-refractivity contribution < 1.29 is 5.11 Å². The van der Waals surface area contributed by atoms with Crippen molar-refractivity contribution in [3.05, 3.63) is 0 Å². The average molecular weight is 389 g/mol. The van der Waals surface area contributed by atoms with Crippen LogP contribution in [-0.4, -0.2) is 31.3 Å². The first-order valence-corrected chi connectivity index (χ1v) is 15.4. The summed E-state index contributed by atoms with van der Waals surface area (Å²) < 4.78 is 0. The molecule has 1 N–H and O–H groups in total. The molecule has 0 amide bonds. The number of aliphatic hydroxyl groups excluding tert-OH is 1. The van der Waals surface area contributed by atoms with Crippen LogP contribution in [-0.2, 0) is 0 Å². The van der Waals surface area contributed by atoms with Gasteiger partial charge in [-0.15, -0.1) is 0 Å². The highest BCUT2D eigenvalue weighted by Gasteiger charge is 2.33. The molecule has 0 spiro atoms. The van der Waals surface area contributed by atoms with Crippen molar-refractivity contribution in [1.29, 1.82) is 0 Å². The zero-order valence-corrected chi connectivity index (χ0v) is 20.0. The molecule has 3 heteroatoms. The monoisotopic (exact) mass is 388 g/mol. The molecule has 0 aromatic carbocycles. The second-order valence-corrected chi connectivity index (χ2v) is 16.5. The Hall–Kier alpha value is 0.527. The first-order chi connectivity index (χ1) is 11.8. The highest BCUT2D eigenvalue weighted by Crippen LogP contribution is 2.39. The molecule has 0 unspecified atom stereocenters. The fraction of sp³-hybridized carbons (Fsp3) is 1.00. The number of aliphatic hydroxyl groups is 1. The molecular formula is C22H48OSSi. The van der Waals surface area contributed by atoms with Crippen LogP contribution in [0.1, 0.15) is 97.8 Å². The Bertz CT molecular complexity index is 286. The summed E-state index contributed by atoms with van der Waals surface area (Å²) in [6.45, 7) is 12.8. The highest BCUT2D eigenvalue weighted by atomic mass is 32.2. The lowest BCUT2D eigenvalue weighted by molar-refractivity contribution is 0.322. The van der Waals surface area contributed by atoms with E-state index in [1.54, 1.807) is 0 Å². The van der Waals surface area contributed by atoms with Crippen molar-refractivity contribution in [3.63, 3.8) is 0 Å². The Labute approximate surface area is 165 Å². The lowest BCUT2D eigenvalue weighted by atomic mass is 10.1. The van der Waals surface area contributed by atoms with Gasteiger partial charge in [-0.1, -0.05) is 111 Å². The fourth-order valence-electron chi connectivity index (χ4n) is 3.08. The predicted molar refractivity (Wildman–Crippen MR) is 122 cm³/mol. The summed E-state index contributed by atoms with van der Waals surface area (Å²) in [5.41, 5.74) is 0. The van der Waals surface area contributed by atoms with Crippen molar-refractivity contribution in [2.45, 2.75) is 122 Å². The normalized spacial score (nSPS) is 12.7. The van der Waals surface area contributed by atoms with Gasteiger partial charge in [0, 0.05) is 5.75 Å². The van der Waals surface area contributed by atoms with E-state index in [9.17, 15) is 0 Å². The van der Waals surface area contributed by atoms with E-state index in [-0.39, 0.29) is 0 Å². The Balaban J connectivity index is 3.22. The van der Waals surface area contributed by atoms with Gasteiger partial charge < -0.3 is 5.11 Å². The highest BCUT2D eigenvalue weighted by molar-refractivity contribution is 7.99. The smallest absolute Gasteiger partial charge is 0.0527 e. The molecule has 0 aliphatic carbocycles. The summed E-state index contributed by atoms with van der Waals surface area (Å²) >= 11 is 1.89. The SMILES string of the molecule is CC(C)(C)[Si](C)(C)CCCCCCCCCCCCCCSCCO. The maximum absolute atomic E-state index is 8.71. The lowest BCUT2D eigenvalue weighted by Gasteiger charge is -2.37. The molecule has 25 heavy (non-hydrogen) atoms. The molecule has 0 rings (SSSR count). The molecule has 0 saturated heterocycles. The molecule has 1 nitrogen and oxygen atoms in total. The van der Waals surface area contributed by atoms with E-state index in [2.05, 4.69) is 33.9 Å². The van der Waals surface area contributed by atoms with E-state index >= 15 is 0 Å². The number of unbranched alkanes of at least 4 members (excludes halogenated alkanes) is 11. The van der Waals surface area contributed by atoms with Gasteiger partial charge in [0.05, 0.1) is 14.7 Å². The minimum Gasteiger partial charge on any atom is -0.396 e. The van der Waals surface area contributed by atoms with Crippen molar-refractivity contribution >= 4 is 19.8 Å². The average Bonchev–Trinajstić information content (AvgIpc) is 2.53. The maximum Gasteiger partial charge on any atom is 0.0527 e. The van der Waals surface area contributed by atoms with Gasteiger partial charge in [-0.3, -0.25) is 0 Å². The molecule has 0 aromatic heterocycles. The van der Waals surface area contributed by atoms with Gasteiger partial charge in [-0.2, -0.15) is 11.8 Å². The third-order valence-corrected chi connectivity index (χ3v) is 12.8. The molecule has 0 radical (unpaired) electrons. The standard InChI is InChI=1S/C22H48OSSi/c1-22(2,3)25(4,5)21-17-15-13-11-9-7-6-8-10-12-14-16-19-24-20-18-23/h23H,6-21H2,1-5H3. The Kier molecular flexibility index (Phi) is 15.9. The molecule has 152 valence electrons. The van der Waals surface area contributed by atoms with Gasteiger partial charge in [0.2, 0.25) is 0 Å². The topological polar surface area (TPSA) is 20.2 Å². The van der Waals surface area contributed by atoms with Gasteiger partial charge in [-0.25, -0.2) is 0 Å². The second-order valence-electron chi connectivity index (χ2n) is 9.46. The predicted octanol–water partition coefficient (Wildman–Crippen LogP) is 7.90. The van der Waals surface area contributed by atoms with Crippen LogP contribution in [0.25, 0.3) is 0 Å². The van der Waals surface area contributed by atoms with Crippen LogP contribution >= 0.6 is 11.8 Å². The molecule has 0 saturated carbocycles. The second kappa shape index (κ2) is 15.6. The Morgan fingerprint density at radius 1 is 0.640 bits per heavy atom. The molecule has 0 bridgehead atoms. The molecule has 0 aliphatic rings. The first kappa shape index (κ1) is 25.5. The molecule has 0 aliphatic heterocycles. The summed E-state index contributed by atoms with van der Waals surface area (Å²) in [5.74, 6) is 2.15.